The number of anilines is 1. The van der Waals surface area contributed by atoms with Crippen LogP contribution in [0.15, 0.2) is 48.5 Å². The van der Waals surface area contributed by atoms with Crippen LogP contribution in [0.3, 0.4) is 0 Å². The highest BCUT2D eigenvalue weighted by Crippen LogP contribution is 2.28. The minimum atomic E-state index is -0.639. The van der Waals surface area contributed by atoms with Crippen molar-refractivity contribution < 1.29 is 18.7 Å². The summed E-state index contributed by atoms with van der Waals surface area (Å²) in [6, 6.07) is 12.5. The van der Waals surface area contributed by atoms with E-state index in [1.165, 1.54) is 24.3 Å². The third kappa shape index (κ3) is 4.90. The zero-order chi connectivity index (χ0) is 21.7. The molecule has 0 aromatic heterocycles. The number of halogens is 1. The number of nitrogens with one attached hydrogen (secondary N) is 1. The molecular weight excluding hydrogens is 385 g/mol. The summed E-state index contributed by atoms with van der Waals surface area (Å²) in [4.78, 5) is 29.7. The maximum Gasteiger partial charge on any atom is 0.251 e. The first-order valence-electron chi connectivity index (χ1n) is 10.1. The largest absolute Gasteiger partial charge is 0.495 e. The van der Waals surface area contributed by atoms with Crippen LogP contribution in [0, 0.1) is 11.7 Å². The van der Waals surface area contributed by atoms with E-state index in [0.29, 0.717) is 31.7 Å². The predicted molar refractivity (Wildman–Crippen MR) is 114 cm³/mol. The molecule has 1 saturated heterocycles. The number of ether oxygens (including phenoxy) is 1. The van der Waals surface area contributed by atoms with Gasteiger partial charge in [-0.2, -0.15) is 0 Å². The van der Waals surface area contributed by atoms with Crippen molar-refractivity contribution in [3.63, 3.8) is 0 Å². The van der Waals surface area contributed by atoms with Gasteiger partial charge in [-0.15, -0.1) is 0 Å². The molecule has 30 heavy (non-hydrogen) atoms. The molecule has 1 aliphatic heterocycles. The molecule has 1 unspecified atom stereocenters. The fraction of sp³-hybridized carbons (Fsp3) is 0.391. The molecule has 0 radical (unpaired) electrons. The minimum absolute atomic E-state index is 0.0749. The highest BCUT2D eigenvalue weighted by molar-refractivity contribution is 5.97. The molecule has 1 heterocycles. The number of amides is 2. The zero-order valence-electron chi connectivity index (χ0n) is 17.6. The van der Waals surface area contributed by atoms with Gasteiger partial charge in [-0.3, -0.25) is 9.59 Å². The Morgan fingerprint density at radius 3 is 2.23 bits per heavy atom. The lowest BCUT2D eigenvalue weighted by atomic mass is 10.0. The fourth-order valence-electron chi connectivity index (χ4n) is 3.59. The molecule has 2 amide bonds. The van der Waals surface area contributed by atoms with Crippen molar-refractivity contribution in [2.75, 3.05) is 38.2 Å². The quantitative estimate of drug-likeness (QED) is 0.791. The van der Waals surface area contributed by atoms with Gasteiger partial charge in [0.2, 0.25) is 5.91 Å². The van der Waals surface area contributed by atoms with Gasteiger partial charge in [0.25, 0.3) is 5.91 Å². The monoisotopic (exact) mass is 413 g/mol. The molecule has 160 valence electrons. The van der Waals surface area contributed by atoms with Crippen LogP contribution < -0.4 is 15.0 Å². The van der Waals surface area contributed by atoms with Gasteiger partial charge in [0.15, 0.2) is 0 Å². The average Bonchev–Trinajstić information content (AvgIpc) is 2.77. The highest BCUT2D eigenvalue weighted by atomic mass is 19.1. The van der Waals surface area contributed by atoms with Gasteiger partial charge >= 0.3 is 0 Å². The summed E-state index contributed by atoms with van der Waals surface area (Å²) >= 11 is 0. The number of carbonyl (C=O) groups excluding carboxylic acids is 2. The topological polar surface area (TPSA) is 61.9 Å². The van der Waals surface area contributed by atoms with Crippen molar-refractivity contribution in [2.24, 2.45) is 5.92 Å². The number of piperazine rings is 1. The Morgan fingerprint density at radius 2 is 1.63 bits per heavy atom. The molecule has 1 atom stereocenters. The molecule has 3 rings (SSSR count). The standard InChI is InChI=1S/C23H28FN3O3/c1-16(2)21(25-22(28)17-8-10-18(24)11-9-17)23(29)27-14-12-26(13-15-27)19-6-4-5-7-20(19)30-3/h4-11,16,21H,12-15H2,1-3H3,(H,25,28). The van der Waals surface area contributed by atoms with Gasteiger partial charge in [-0.1, -0.05) is 26.0 Å². The number of rotatable bonds is 6. The third-order valence-electron chi connectivity index (χ3n) is 5.34. The van der Waals surface area contributed by atoms with E-state index >= 15 is 0 Å². The van der Waals surface area contributed by atoms with Gasteiger partial charge in [-0.05, 0) is 42.3 Å². The maximum absolute atomic E-state index is 13.1. The predicted octanol–water partition coefficient (Wildman–Crippen LogP) is 2.94. The molecule has 1 fully saturated rings. The molecule has 1 N–H and O–H groups in total. The molecule has 0 spiro atoms. The highest BCUT2D eigenvalue weighted by Gasteiger charge is 2.31. The first-order valence-corrected chi connectivity index (χ1v) is 10.1. The van der Waals surface area contributed by atoms with E-state index in [4.69, 9.17) is 4.74 Å². The molecule has 2 aromatic rings. The normalized spacial score (nSPS) is 15.1. The smallest absolute Gasteiger partial charge is 0.251 e. The lowest BCUT2D eigenvalue weighted by Gasteiger charge is -2.38. The van der Waals surface area contributed by atoms with E-state index in [9.17, 15) is 14.0 Å². The van der Waals surface area contributed by atoms with Crippen LogP contribution in [0.25, 0.3) is 0 Å². The fourth-order valence-corrected chi connectivity index (χ4v) is 3.59. The van der Waals surface area contributed by atoms with Crippen LogP contribution >= 0.6 is 0 Å². The summed E-state index contributed by atoms with van der Waals surface area (Å²) in [6.45, 7) is 6.29. The summed E-state index contributed by atoms with van der Waals surface area (Å²) in [7, 11) is 1.65. The molecule has 0 saturated carbocycles. The summed E-state index contributed by atoms with van der Waals surface area (Å²) in [6.07, 6.45) is 0. The Bertz CT molecular complexity index is 878. The lowest BCUT2D eigenvalue weighted by Crippen LogP contribution is -2.56. The summed E-state index contributed by atoms with van der Waals surface area (Å²) in [5, 5.41) is 2.82. The SMILES string of the molecule is COc1ccccc1N1CCN(C(=O)C(NC(=O)c2ccc(F)cc2)C(C)C)CC1. The lowest BCUT2D eigenvalue weighted by molar-refractivity contribution is -0.134. The molecule has 1 aliphatic rings. The van der Waals surface area contributed by atoms with Crippen LogP contribution in [-0.4, -0.2) is 56.0 Å². The van der Waals surface area contributed by atoms with E-state index in [2.05, 4.69) is 10.2 Å². The second-order valence-electron chi connectivity index (χ2n) is 7.69. The molecule has 2 aromatic carbocycles. The molecule has 0 bridgehead atoms. The van der Waals surface area contributed by atoms with E-state index in [-0.39, 0.29) is 17.7 Å². The Kier molecular flexibility index (Phi) is 6.92. The number of benzene rings is 2. The van der Waals surface area contributed by atoms with Gasteiger partial charge in [0, 0.05) is 31.7 Å². The summed E-state index contributed by atoms with van der Waals surface area (Å²) in [5.41, 5.74) is 1.34. The molecular formula is C23H28FN3O3. The number of hydrogen-bond acceptors (Lipinski definition) is 4. The van der Waals surface area contributed by atoms with Crippen molar-refractivity contribution >= 4 is 17.5 Å². The van der Waals surface area contributed by atoms with Crippen LogP contribution in [0.1, 0.15) is 24.2 Å². The van der Waals surface area contributed by atoms with Crippen molar-refractivity contribution in [2.45, 2.75) is 19.9 Å². The molecule has 6 nitrogen and oxygen atoms in total. The second-order valence-corrected chi connectivity index (χ2v) is 7.69. The van der Waals surface area contributed by atoms with Crippen LogP contribution in [0.5, 0.6) is 5.75 Å². The first-order chi connectivity index (χ1) is 14.4. The van der Waals surface area contributed by atoms with Crippen molar-refractivity contribution in [3.8, 4) is 5.75 Å². The minimum Gasteiger partial charge on any atom is -0.495 e. The van der Waals surface area contributed by atoms with Crippen LogP contribution in [-0.2, 0) is 4.79 Å². The van der Waals surface area contributed by atoms with Gasteiger partial charge < -0.3 is 19.9 Å². The van der Waals surface area contributed by atoms with Crippen LogP contribution in [0.4, 0.5) is 10.1 Å². The number of nitrogens with zero attached hydrogens (tertiary/aromatic N) is 2. The summed E-state index contributed by atoms with van der Waals surface area (Å²) < 4.78 is 18.6. The number of methoxy groups -OCH3 is 1. The Morgan fingerprint density at radius 1 is 1.00 bits per heavy atom. The molecule has 7 heteroatoms. The maximum atomic E-state index is 13.1. The summed E-state index contributed by atoms with van der Waals surface area (Å²) in [5.74, 6) is -0.149. The van der Waals surface area contributed by atoms with Crippen molar-refractivity contribution in [3.05, 3.63) is 59.9 Å². The van der Waals surface area contributed by atoms with Gasteiger partial charge in [0.05, 0.1) is 12.8 Å². The Balaban J connectivity index is 1.64. The second kappa shape index (κ2) is 9.61. The molecule has 0 aliphatic carbocycles. The van der Waals surface area contributed by atoms with Crippen molar-refractivity contribution in [1.29, 1.82) is 0 Å². The Hall–Kier alpha value is -3.09. The van der Waals surface area contributed by atoms with E-state index in [1.807, 2.05) is 38.1 Å². The first kappa shape index (κ1) is 21.6. The van der Waals surface area contributed by atoms with Gasteiger partial charge in [0.1, 0.15) is 17.6 Å². The van der Waals surface area contributed by atoms with E-state index in [0.717, 1.165) is 11.4 Å². The van der Waals surface area contributed by atoms with Gasteiger partial charge in [-0.25, -0.2) is 4.39 Å². The van der Waals surface area contributed by atoms with E-state index < -0.39 is 11.9 Å². The third-order valence-corrected chi connectivity index (χ3v) is 5.34. The van der Waals surface area contributed by atoms with Crippen LogP contribution in [0.2, 0.25) is 0 Å². The number of hydrogen-bond donors (Lipinski definition) is 1. The zero-order valence-corrected chi connectivity index (χ0v) is 17.6. The van der Waals surface area contributed by atoms with E-state index in [1.54, 1.807) is 12.0 Å². The Labute approximate surface area is 176 Å². The number of carbonyl (C=O) groups is 2. The number of para-hydroxylation sites is 2. The average molecular weight is 413 g/mol. The van der Waals surface area contributed by atoms with Crippen molar-refractivity contribution in [1.82, 2.24) is 10.2 Å².